The monoisotopic (exact) mass is 468 g/mol. The first-order valence-electron chi connectivity index (χ1n) is 10.0. The largest absolute Gasteiger partial charge is 0.510 e. The molecule has 0 saturated carbocycles. The predicted octanol–water partition coefficient (Wildman–Crippen LogP) is 4.12. The summed E-state index contributed by atoms with van der Waals surface area (Å²) in [6, 6.07) is 10.2. The molecule has 178 valence electrons. The van der Waals surface area contributed by atoms with E-state index in [1.165, 1.54) is 39.3 Å². The molecular weight excluding hydrogens is 444 g/mol. The van der Waals surface area contributed by atoms with Crippen molar-refractivity contribution in [1.82, 2.24) is 0 Å². The maximum atomic E-state index is 12.7. The lowest BCUT2D eigenvalue weighted by Gasteiger charge is -2.08. The summed E-state index contributed by atoms with van der Waals surface area (Å²) >= 11 is 0. The minimum atomic E-state index is -0.780. The number of ether oxygens (including phenoxy) is 2. The molecule has 0 fully saturated rings. The summed E-state index contributed by atoms with van der Waals surface area (Å²) in [4.78, 5) is 48.0. The van der Waals surface area contributed by atoms with Crippen molar-refractivity contribution in [2.75, 3.05) is 24.9 Å². The topological polar surface area (TPSA) is 156 Å². The summed E-state index contributed by atoms with van der Waals surface area (Å²) < 4.78 is 9.36. The van der Waals surface area contributed by atoms with Gasteiger partial charge < -0.3 is 25.2 Å². The van der Waals surface area contributed by atoms with Crippen LogP contribution in [0.2, 0.25) is 0 Å². The molecule has 0 spiro atoms. The first-order chi connectivity index (χ1) is 16.2. The molecule has 0 bridgehead atoms. The van der Waals surface area contributed by atoms with Gasteiger partial charge in [0.15, 0.2) is 5.70 Å². The zero-order chi connectivity index (χ0) is 25.3. The molecule has 0 aliphatic rings. The Bertz CT molecular complexity index is 1150. The molecule has 0 aromatic heterocycles. The molecule has 0 saturated heterocycles. The average Bonchev–Trinajstić information content (AvgIpc) is 2.83. The van der Waals surface area contributed by atoms with Gasteiger partial charge in [0, 0.05) is 17.8 Å². The molecule has 2 aromatic rings. The number of amides is 2. The normalized spacial score (nSPS) is 11.4. The molecule has 0 aliphatic heterocycles. The van der Waals surface area contributed by atoms with Gasteiger partial charge in [0.1, 0.15) is 11.4 Å². The zero-order valence-corrected chi connectivity index (χ0v) is 19.0. The fraction of sp³-hybridized carbons (Fsp3) is 0.217. The van der Waals surface area contributed by atoms with Crippen molar-refractivity contribution < 1.29 is 33.8 Å². The number of nitrogens with zero attached hydrogens (tertiary/aromatic N) is 2. The van der Waals surface area contributed by atoms with E-state index in [-0.39, 0.29) is 22.7 Å². The van der Waals surface area contributed by atoms with Gasteiger partial charge in [0.05, 0.1) is 25.3 Å². The Balaban J connectivity index is 2.29. The summed E-state index contributed by atoms with van der Waals surface area (Å²) in [5.41, 5.74) is 0.504. The lowest BCUT2D eigenvalue weighted by molar-refractivity contribution is -0.116. The SMILES string of the molecule is CCC(=O)Nc1ccc(NC(=O)C(N=Nc2cc(C(=O)OC)ccc2C(=O)OC)=C(C)O)cc1. The standard InChI is InChI=1S/C23H24N4O7/c1-5-19(29)24-15-7-9-16(10-8-15)25-21(30)20(13(2)28)27-26-18-12-14(22(31)33-3)6-11-17(18)23(32)34-4/h6-12,28H,5H2,1-4H3,(H,24,29)(H,25,30). The van der Waals surface area contributed by atoms with Gasteiger partial charge in [-0.05, 0) is 49.4 Å². The van der Waals surface area contributed by atoms with Crippen LogP contribution in [0.15, 0.2) is 64.1 Å². The Kier molecular flexibility index (Phi) is 9.00. The maximum Gasteiger partial charge on any atom is 0.340 e. The van der Waals surface area contributed by atoms with E-state index in [1.807, 2.05) is 0 Å². The number of hydrogen-bond acceptors (Lipinski definition) is 9. The van der Waals surface area contributed by atoms with E-state index in [0.717, 1.165) is 0 Å². The number of nitrogens with one attached hydrogen (secondary N) is 2. The molecule has 11 nitrogen and oxygen atoms in total. The van der Waals surface area contributed by atoms with Crippen molar-refractivity contribution in [3.05, 3.63) is 65.0 Å². The molecule has 34 heavy (non-hydrogen) atoms. The van der Waals surface area contributed by atoms with Crippen LogP contribution in [0.5, 0.6) is 0 Å². The highest BCUT2D eigenvalue weighted by atomic mass is 16.5. The Morgan fingerprint density at radius 2 is 1.50 bits per heavy atom. The number of carbonyl (C=O) groups excluding carboxylic acids is 4. The van der Waals surface area contributed by atoms with Crippen LogP contribution in [-0.4, -0.2) is 43.1 Å². The Morgan fingerprint density at radius 3 is 2.03 bits per heavy atom. The van der Waals surface area contributed by atoms with Crippen LogP contribution in [0.4, 0.5) is 17.1 Å². The molecule has 3 N–H and O–H groups in total. The number of aliphatic hydroxyl groups is 1. The van der Waals surface area contributed by atoms with E-state index < -0.39 is 29.3 Å². The Hall–Kier alpha value is -4.54. The van der Waals surface area contributed by atoms with Gasteiger partial charge in [-0.1, -0.05) is 6.92 Å². The first-order valence-corrected chi connectivity index (χ1v) is 10.0. The van der Waals surface area contributed by atoms with Crippen molar-refractivity contribution in [2.45, 2.75) is 20.3 Å². The molecule has 0 atom stereocenters. The molecule has 0 heterocycles. The number of allylic oxidation sites excluding steroid dienone is 1. The number of hydrogen-bond donors (Lipinski definition) is 3. The van der Waals surface area contributed by atoms with Crippen molar-refractivity contribution in [1.29, 1.82) is 0 Å². The van der Waals surface area contributed by atoms with Crippen molar-refractivity contribution in [3.8, 4) is 0 Å². The first kappa shape index (κ1) is 25.7. The fourth-order valence-corrected chi connectivity index (χ4v) is 2.60. The predicted molar refractivity (Wildman–Crippen MR) is 123 cm³/mol. The summed E-state index contributed by atoms with van der Waals surface area (Å²) in [7, 11) is 2.37. The second kappa shape index (κ2) is 11.9. The lowest BCUT2D eigenvalue weighted by atomic mass is 10.1. The van der Waals surface area contributed by atoms with Crippen molar-refractivity contribution >= 4 is 40.8 Å². The quantitative estimate of drug-likeness (QED) is 0.228. The number of methoxy groups -OCH3 is 2. The van der Waals surface area contributed by atoms with Crippen LogP contribution in [0.25, 0.3) is 0 Å². The number of anilines is 2. The van der Waals surface area contributed by atoms with Crippen molar-refractivity contribution in [2.24, 2.45) is 10.2 Å². The van der Waals surface area contributed by atoms with Crippen LogP contribution >= 0.6 is 0 Å². The van der Waals surface area contributed by atoms with Crippen LogP contribution < -0.4 is 10.6 Å². The van der Waals surface area contributed by atoms with Crippen LogP contribution in [0, 0.1) is 0 Å². The minimum Gasteiger partial charge on any atom is -0.510 e. The second-order valence-electron chi connectivity index (χ2n) is 6.78. The highest BCUT2D eigenvalue weighted by molar-refractivity contribution is 6.04. The molecular formula is C23H24N4O7. The number of carbonyl (C=O) groups is 4. The highest BCUT2D eigenvalue weighted by Crippen LogP contribution is 2.25. The molecule has 2 rings (SSSR count). The maximum absolute atomic E-state index is 12.7. The third-order valence-corrected chi connectivity index (χ3v) is 4.39. The highest BCUT2D eigenvalue weighted by Gasteiger charge is 2.18. The van der Waals surface area contributed by atoms with Gasteiger partial charge in [0.2, 0.25) is 5.91 Å². The number of rotatable bonds is 8. The number of benzene rings is 2. The van der Waals surface area contributed by atoms with E-state index in [4.69, 9.17) is 4.74 Å². The molecule has 0 aliphatic carbocycles. The fourth-order valence-electron chi connectivity index (χ4n) is 2.60. The summed E-state index contributed by atoms with van der Waals surface area (Å²) in [6.45, 7) is 2.97. The Morgan fingerprint density at radius 1 is 0.912 bits per heavy atom. The smallest absolute Gasteiger partial charge is 0.340 e. The van der Waals surface area contributed by atoms with Crippen molar-refractivity contribution in [3.63, 3.8) is 0 Å². The average molecular weight is 468 g/mol. The van der Waals surface area contributed by atoms with E-state index in [9.17, 15) is 24.3 Å². The molecule has 2 amide bonds. The van der Waals surface area contributed by atoms with E-state index in [2.05, 4.69) is 25.6 Å². The van der Waals surface area contributed by atoms with Gasteiger partial charge in [-0.25, -0.2) is 9.59 Å². The van der Waals surface area contributed by atoms with Gasteiger partial charge >= 0.3 is 11.9 Å². The lowest BCUT2D eigenvalue weighted by Crippen LogP contribution is -2.15. The summed E-state index contributed by atoms with van der Waals surface area (Å²) in [6.07, 6.45) is 0.327. The molecule has 2 aromatic carbocycles. The second-order valence-corrected chi connectivity index (χ2v) is 6.78. The number of esters is 2. The molecule has 11 heteroatoms. The Labute approximate surface area is 195 Å². The molecule has 0 unspecified atom stereocenters. The van der Waals surface area contributed by atoms with Gasteiger partial charge in [-0.3, -0.25) is 9.59 Å². The van der Waals surface area contributed by atoms with E-state index in [0.29, 0.717) is 17.8 Å². The van der Waals surface area contributed by atoms with Crippen LogP contribution in [0.1, 0.15) is 41.0 Å². The summed E-state index contributed by atoms with van der Waals surface area (Å²) in [5, 5.41) is 22.9. The van der Waals surface area contributed by atoms with E-state index >= 15 is 0 Å². The van der Waals surface area contributed by atoms with Gasteiger partial charge in [-0.2, -0.15) is 0 Å². The minimum absolute atomic E-state index is 0.0148. The molecule has 0 radical (unpaired) electrons. The summed E-state index contributed by atoms with van der Waals surface area (Å²) in [5.74, 6) is -2.77. The number of azo groups is 1. The van der Waals surface area contributed by atoms with Crippen LogP contribution in [0.3, 0.4) is 0 Å². The zero-order valence-electron chi connectivity index (χ0n) is 19.0. The number of aliphatic hydroxyl groups excluding tert-OH is 1. The van der Waals surface area contributed by atoms with Gasteiger partial charge in [-0.15, -0.1) is 10.2 Å². The third kappa shape index (κ3) is 6.73. The van der Waals surface area contributed by atoms with Gasteiger partial charge in [0.25, 0.3) is 5.91 Å². The van der Waals surface area contributed by atoms with E-state index in [1.54, 1.807) is 31.2 Å². The third-order valence-electron chi connectivity index (χ3n) is 4.39. The van der Waals surface area contributed by atoms with Crippen LogP contribution in [-0.2, 0) is 19.1 Å².